The standard InChI is InChI=1S/C23H26N2O3/c1-26-16-10-11-17(22(14-16)27-2)19-15-20-18-8-4-5-9-21(18)28-23(25(20)24-19)12-6-3-7-13-23/h4-5,8-11,14,20H,3,6-7,12-13,15H2,1-2H3. The summed E-state index contributed by atoms with van der Waals surface area (Å²) in [7, 11) is 3.37. The van der Waals surface area contributed by atoms with Gasteiger partial charge in [-0.3, -0.25) is 0 Å². The second-order valence-electron chi connectivity index (χ2n) is 7.82. The van der Waals surface area contributed by atoms with E-state index in [1.807, 2.05) is 12.1 Å². The maximum Gasteiger partial charge on any atom is 0.198 e. The van der Waals surface area contributed by atoms with Gasteiger partial charge in [0.1, 0.15) is 17.2 Å². The first kappa shape index (κ1) is 17.4. The Kier molecular flexibility index (Phi) is 4.18. The molecule has 28 heavy (non-hydrogen) atoms. The smallest absolute Gasteiger partial charge is 0.198 e. The van der Waals surface area contributed by atoms with Crippen LogP contribution >= 0.6 is 0 Å². The van der Waals surface area contributed by atoms with Crippen LogP contribution in [0.15, 0.2) is 47.6 Å². The molecule has 5 nitrogen and oxygen atoms in total. The lowest BCUT2D eigenvalue weighted by atomic mass is 9.86. The molecule has 1 saturated carbocycles. The topological polar surface area (TPSA) is 43.3 Å². The first-order chi connectivity index (χ1) is 13.7. The van der Waals surface area contributed by atoms with Gasteiger partial charge in [-0.2, -0.15) is 5.10 Å². The second kappa shape index (κ2) is 6.73. The number of ether oxygens (including phenoxy) is 3. The number of benzene rings is 2. The van der Waals surface area contributed by atoms with Crippen LogP contribution in [0.25, 0.3) is 0 Å². The Labute approximate surface area is 165 Å². The number of para-hydroxylation sites is 1. The molecule has 1 fully saturated rings. The number of hydrazone groups is 1. The maximum absolute atomic E-state index is 6.62. The van der Waals surface area contributed by atoms with Crippen LogP contribution in [0.5, 0.6) is 17.2 Å². The molecule has 0 bridgehead atoms. The van der Waals surface area contributed by atoms with Crippen LogP contribution < -0.4 is 14.2 Å². The van der Waals surface area contributed by atoms with Crippen molar-refractivity contribution in [2.24, 2.45) is 5.10 Å². The highest BCUT2D eigenvalue weighted by molar-refractivity contribution is 6.04. The van der Waals surface area contributed by atoms with Gasteiger partial charge in [0.05, 0.1) is 26.0 Å². The molecule has 0 amide bonds. The van der Waals surface area contributed by atoms with Crippen LogP contribution in [0.3, 0.4) is 0 Å². The number of hydrogen-bond acceptors (Lipinski definition) is 5. The Morgan fingerprint density at radius 1 is 1.04 bits per heavy atom. The first-order valence-corrected chi connectivity index (χ1v) is 10.1. The third kappa shape index (κ3) is 2.64. The molecule has 2 aliphatic heterocycles. The highest BCUT2D eigenvalue weighted by Gasteiger charge is 2.50. The molecule has 3 aliphatic rings. The Bertz CT molecular complexity index is 918. The predicted molar refractivity (Wildman–Crippen MR) is 108 cm³/mol. The molecule has 2 aromatic carbocycles. The van der Waals surface area contributed by atoms with Crippen molar-refractivity contribution in [3.8, 4) is 17.2 Å². The van der Waals surface area contributed by atoms with Crippen molar-refractivity contribution < 1.29 is 14.2 Å². The summed E-state index contributed by atoms with van der Waals surface area (Å²) in [5, 5.41) is 7.38. The summed E-state index contributed by atoms with van der Waals surface area (Å²) >= 11 is 0. The van der Waals surface area contributed by atoms with Crippen molar-refractivity contribution in [2.45, 2.75) is 50.3 Å². The van der Waals surface area contributed by atoms with E-state index in [4.69, 9.17) is 19.3 Å². The van der Waals surface area contributed by atoms with Crippen molar-refractivity contribution >= 4 is 5.71 Å². The molecule has 2 aromatic rings. The van der Waals surface area contributed by atoms with Crippen LogP contribution in [0.2, 0.25) is 0 Å². The number of methoxy groups -OCH3 is 2. The van der Waals surface area contributed by atoms with Gasteiger partial charge < -0.3 is 14.2 Å². The van der Waals surface area contributed by atoms with Gasteiger partial charge in [-0.15, -0.1) is 0 Å². The monoisotopic (exact) mass is 378 g/mol. The van der Waals surface area contributed by atoms with E-state index < -0.39 is 0 Å². The summed E-state index contributed by atoms with van der Waals surface area (Å²) in [4.78, 5) is 0. The quantitative estimate of drug-likeness (QED) is 0.761. The molecule has 146 valence electrons. The minimum atomic E-state index is -0.321. The fourth-order valence-electron chi connectivity index (χ4n) is 4.86. The summed E-state index contributed by atoms with van der Waals surface area (Å²) < 4.78 is 17.6. The third-order valence-corrected chi connectivity index (χ3v) is 6.26. The Hall–Kier alpha value is -2.69. The predicted octanol–water partition coefficient (Wildman–Crippen LogP) is 4.91. The molecule has 1 unspecified atom stereocenters. The van der Waals surface area contributed by atoms with Crippen molar-refractivity contribution in [3.05, 3.63) is 53.6 Å². The highest BCUT2D eigenvalue weighted by Crippen LogP contribution is 2.51. The molecule has 0 radical (unpaired) electrons. The van der Waals surface area contributed by atoms with Crippen LogP contribution in [0.4, 0.5) is 0 Å². The molecular formula is C23H26N2O3. The summed E-state index contributed by atoms with van der Waals surface area (Å²) in [5.41, 5.74) is 2.99. The van der Waals surface area contributed by atoms with E-state index in [1.54, 1.807) is 14.2 Å². The summed E-state index contributed by atoms with van der Waals surface area (Å²) in [6.45, 7) is 0. The lowest BCUT2D eigenvalue weighted by Crippen LogP contribution is -2.54. The fraction of sp³-hybridized carbons (Fsp3) is 0.435. The van der Waals surface area contributed by atoms with Gasteiger partial charge in [0.2, 0.25) is 0 Å². The van der Waals surface area contributed by atoms with Crippen molar-refractivity contribution in [2.75, 3.05) is 14.2 Å². The Balaban J connectivity index is 1.59. The van der Waals surface area contributed by atoms with Crippen LogP contribution in [-0.4, -0.2) is 30.7 Å². The Morgan fingerprint density at radius 2 is 1.86 bits per heavy atom. The van der Waals surface area contributed by atoms with E-state index in [2.05, 4.69) is 35.3 Å². The van der Waals surface area contributed by atoms with E-state index in [0.717, 1.165) is 47.8 Å². The van der Waals surface area contributed by atoms with E-state index in [1.165, 1.54) is 24.8 Å². The number of rotatable bonds is 3. The fourth-order valence-corrected chi connectivity index (χ4v) is 4.86. The molecule has 1 atom stereocenters. The van der Waals surface area contributed by atoms with Crippen LogP contribution in [0.1, 0.15) is 55.7 Å². The largest absolute Gasteiger partial charge is 0.497 e. The molecular weight excluding hydrogens is 352 g/mol. The van der Waals surface area contributed by atoms with E-state index in [9.17, 15) is 0 Å². The normalized spacial score (nSPS) is 22.1. The zero-order chi connectivity index (χ0) is 19.1. The molecule has 0 N–H and O–H groups in total. The number of nitrogens with zero attached hydrogens (tertiary/aromatic N) is 2. The highest BCUT2D eigenvalue weighted by atomic mass is 16.5. The molecule has 5 heteroatoms. The SMILES string of the molecule is COc1ccc(C2=NN3C(C2)c2ccccc2OC32CCCCC2)c(OC)c1. The maximum atomic E-state index is 6.62. The Morgan fingerprint density at radius 3 is 2.64 bits per heavy atom. The van der Waals surface area contributed by atoms with Crippen LogP contribution in [-0.2, 0) is 0 Å². The number of hydrogen-bond donors (Lipinski definition) is 0. The van der Waals surface area contributed by atoms with Gasteiger partial charge in [0.15, 0.2) is 5.72 Å². The first-order valence-electron chi connectivity index (χ1n) is 10.1. The van der Waals surface area contributed by atoms with Crippen LogP contribution in [0, 0.1) is 0 Å². The zero-order valence-electron chi connectivity index (χ0n) is 16.5. The molecule has 5 rings (SSSR count). The van der Waals surface area contributed by atoms with Gasteiger partial charge in [-0.25, -0.2) is 5.01 Å². The van der Waals surface area contributed by atoms with Crippen molar-refractivity contribution in [3.63, 3.8) is 0 Å². The lowest BCUT2D eigenvalue weighted by Gasteiger charge is -2.49. The van der Waals surface area contributed by atoms with Gasteiger partial charge >= 0.3 is 0 Å². The van der Waals surface area contributed by atoms with E-state index in [0.29, 0.717) is 0 Å². The molecule has 2 heterocycles. The van der Waals surface area contributed by atoms with Gasteiger partial charge in [-0.05, 0) is 31.0 Å². The zero-order valence-corrected chi connectivity index (χ0v) is 16.5. The lowest BCUT2D eigenvalue weighted by molar-refractivity contribution is -0.140. The second-order valence-corrected chi connectivity index (χ2v) is 7.82. The van der Waals surface area contributed by atoms with Crippen molar-refractivity contribution in [1.29, 1.82) is 0 Å². The average molecular weight is 378 g/mol. The van der Waals surface area contributed by atoms with Gasteiger partial charge in [0, 0.05) is 36.5 Å². The summed E-state index contributed by atoms with van der Waals surface area (Å²) in [6, 6.07) is 14.6. The third-order valence-electron chi connectivity index (χ3n) is 6.26. The van der Waals surface area contributed by atoms with Gasteiger partial charge in [0.25, 0.3) is 0 Å². The molecule has 1 aliphatic carbocycles. The summed E-state index contributed by atoms with van der Waals surface area (Å²) in [6.07, 6.45) is 6.53. The van der Waals surface area contributed by atoms with E-state index in [-0.39, 0.29) is 11.8 Å². The summed E-state index contributed by atoms with van der Waals surface area (Å²) in [5.74, 6) is 2.60. The molecule has 0 aromatic heterocycles. The van der Waals surface area contributed by atoms with Crippen molar-refractivity contribution in [1.82, 2.24) is 5.01 Å². The molecule has 0 saturated heterocycles. The molecule has 1 spiro atoms. The minimum Gasteiger partial charge on any atom is -0.497 e. The van der Waals surface area contributed by atoms with E-state index >= 15 is 0 Å². The minimum absolute atomic E-state index is 0.213. The average Bonchev–Trinajstić information content (AvgIpc) is 3.20. The van der Waals surface area contributed by atoms with Gasteiger partial charge in [-0.1, -0.05) is 24.6 Å². The number of fused-ring (bicyclic) bond motifs is 4.